The summed E-state index contributed by atoms with van der Waals surface area (Å²) < 4.78 is 92.3. The van der Waals surface area contributed by atoms with Gasteiger partial charge >= 0.3 is 11.9 Å². The van der Waals surface area contributed by atoms with Crippen molar-refractivity contribution in [1.82, 2.24) is 29.5 Å². The molecule has 0 spiro atoms. The lowest BCUT2D eigenvalue weighted by Gasteiger charge is -2.26. The third kappa shape index (κ3) is 9.45. The van der Waals surface area contributed by atoms with Crippen LogP contribution in [-0.2, 0) is 35.8 Å². The van der Waals surface area contributed by atoms with Crippen molar-refractivity contribution in [3.63, 3.8) is 0 Å². The number of nitro groups is 1. The summed E-state index contributed by atoms with van der Waals surface area (Å²) in [5.74, 6) is 6.26. The number of halogens is 3. The van der Waals surface area contributed by atoms with E-state index in [0.29, 0.717) is 40.0 Å². The summed E-state index contributed by atoms with van der Waals surface area (Å²) in [5.41, 5.74) is -2.19. The second-order valence-electron chi connectivity index (χ2n) is 12.5. The van der Waals surface area contributed by atoms with Crippen LogP contribution in [0.15, 0.2) is 102 Å². The third-order valence-electron chi connectivity index (χ3n) is 8.77. The zero-order valence-corrected chi connectivity index (χ0v) is 32.2. The van der Waals surface area contributed by atoms with Gasteiger partial charge in [-0.1, -0.05) is 48.2 Å². The van der Waals surface area contributed by atoms with Crippen LogP contribution in [0.25, 0.3) is 11.4 Å². The zero-order chi connectivity index (χ0) is 42.3. The lowest BCUT2D eigenvalue weighted by molar-refractivity contribution is -0.385. The number of tetrazole rings is 1. The van der Waals surface area contributed by atoms with Gasteiger partial charge in [-0.15, -0.1) is 10.2 Å². The Labute approximate surface area is 335 Å². The molecular formula is C40H31F3N8O7S. The van der Waals surface area contributed by atoms with Crippen molar-refractivity contribution in [3.05, 3.63) is 146 Å². The molecular weight excluding hydrogens is 794 g/mol. The van der Waals surface area contributed by atoms with Crippen molar-refractivity contribution in [1.29, 1.82) is 5.26 Å². The number of nitriles is 1. The van der Waals surface area contributed by atoms with E-state index in [0.717, 1.165) is 27.4 Å². The molecule has 0 bridgehead atoms. The molecule has 0 unspecified atom stereocenters. The number of nitrogens with zero attached hydrogens (tertiary/aromatic N) is 8. The van der Waals surface area contributed by atoms with Gasteiger partial charge in [0.05, 0.1) is 49.5 Å². The smallest absolute Gasteiger partial charge is 0.417 e. The molecule has 0 radical (unpaired) electrons. The van der Waals surface area contributed by atoms with Crippen molar-refractivity contribution >= 4 is 15.7 Å². The van der Waals surface area contributed by atoms with Gasteiger partial charge in [-0.2, -0.15) is 27.5 Å². The van der Waals surface area contributed by atoms with Crippen LogP contribution < -0.4 is 14.2 Å². The lowest BCUT2D eigenvalue weighted by Crippen LogP contribution is -2.32. The highest BCUT2D eigenvalue weighted by Gasteiger charge is 2.43. The SMILES string of the molecule is COc1ccc(CN(Cc2ccc(OC)cc2)S(=O)(=O)c2c(C(F)(F)F)ccc(C#Cc3cnc(C#N)c([N+](=O)[O-])c3)c2-c2nnn(Cc3ccc(OC)cc3)n2)cc1. The minimum Gasteiger partial charge on any atom is -0.497 e. The van der Waals surface area contributed by atoms with Gasteiger partial charge in [0.1, 0.15) is 28.2 Å². The van der Waals surface area contributed by atoms with Crippen LogP contribution in [0.5, 0.6) is 17.2 Å². The highest BCUT2D eigenvalue weighted by atomic mass is 32.2. The molecule has 0 amide bonds. The fourth-order valence-electron chi connectivity index (χ4n) is 5.81. The topological polar surface area (TPSA) is 188 Å². The van der Waals surface area contributed by atoms with E-state index < -0.39 is 54.4 Å². The predicted octanol–water partition coefficient (Wildman–Crippen LogP) is 6.40. The monoisotopic (exact) mass is 824 g/mol. The molecule has 0 aliphatic rings. The van der Waals surface area contributed by atoms with Crippen molar-refractivity contribution in [2.75, 3.05) is 21.3 Å². The van der Waals surface area contributed by atoms with Gasteiger partial charge in [-0.3, -0.25) is 10.1 Å². The quantitative estimate of drug-likeness (QED) is 0.0710. The molecule has 0 fully saturated rings. The number of hydrogen-bond acceptors (Lipinski definition) is 12. The molecule has 19 heteroatoms. The summed E-state index contributed by atoms with van der Waals surface area (Å²) >= 11 is 0. The summed E-state index contributed by atoms with van der Waals surface area (Å²) in [5, 5.41) is 33.3. The molecule has 15 nitrogen and oxygen atoms in total. The summed E-state index contributed by atoms with van der Waals surface area (Å²) in [4.78, 5) is 14.4. The van der Waals surface area contributed by atoms with Gasteiger partial charge in [0.2, 0.25) is 21.5 Å². The highest BCUT2D eigenvalue weighted by Crippen LogP contribution is 2.42. The van der Waals surface area contributed by atoms with E-state index in [2.05, 4.69) is 32.2 Å². The van der Waals surface area contributed by atoms with E-state index in [4.69, 9.17) is 14.2 Å². The Morgan fingerprint density at radius 2 is 1.37 bits per heavy atom. The van der Waals surface area contributed by atoms with Gasteiger partial charge in [0.15, 0.2) is 0 Å². The first-order valence-electron chi connectivity index (χ1n) is 17.2. The van der Waals surface area contributed by atoms with E-state index >= 15 is 21.6 Å². The number of methoxy groups -OCH3 is 3. The van der Waals surface area contributed by atoms with E-state index in [1.165, 1.54) is 21.3 Å². The van der Waals surface area contributed by atoms with Crippen LogP contribution >= 0.6 is 0 Å². The maximum Gasteiger partial charge on any atom is 0.417 e. The average Bonchev–Trinajstić information content (AvgIpc) is 3.70. The number of sulfonamides is 1. The normalized spacial score (nSPS) is 11.4. The summed E-state index contributed by atoms with van der Waals surface area (Å²) in [6, 6.07) is 23.6. The lowest BCUT2D eigenvalue weighted by atomic mass is 10.0. The minimum atomic E-state index is -5.23. The predicted molar refractivity (Wildman–Crippen MR) is 204 cm³/mol. The van der Waals surface area contributed by atoms with Crippen molar-refractivity contribution in [3.8, 4) is 46.5 Å². The van der Waals surface area contributed by atoms with E-state index in [1.54, 1.807) is 78.9 Å². The van der Waals surface area contributed by atoms with Crippen LogP contribution in [0.1, 0.15) is 39.1 Å². The molecule has 2 aromatic heterocycles. The van der Waals surface area contributed by atoms with Crippen LogP contribution in [0.2, 0.25) is 0 Å². The second kappa shape index (κ2) is 17.4. The van der Waals surface area contributed by atoms with E-state index in [-0.39, 0.29) is 30.8 Å². The number of alkyl halides is 3. The first-order chi connectivity index (χ1) is 28.2. The Kier molecular flexibility index (Phi) is 12.2. The molecule has 0 atom stereocenters. The van der Waals surface area contributed by atoms with Crippen molar-refractivity contribution in [2.45, 2.75) is 30.7 Å². The molecule has 2 heterocycles. The van der Waals surface area contributed by atoms with Gasteiger partial charge in [0.25, 0.3) is 0 Å². The van der Waals surface area contributed by atoms with E-state index in [1.807, 2.05) is 0 Å². The Balaban J connectivity index is 1.58. The Hall–Kier alpha value is -7.35. The Bertz CT molecular complexity index is 2660. The van der Waals surface area contributed by atoms with Crippen molar-refractivity contribution < 1.29 is 40.7 Å². The molecule has 59 heavy (non-hydrogen) atoms. The molecule has 0 saturated carbocycles. The molecule has 6 rings (SSSR count). The first kappa shape index (κ1) is 41.3. The van der Waals surface area contributed by atoms with Gasteiger partial charge in [-0.25, -0.2) is 13.4 Å². The maximum absolute atomic E-state index is 15.2. The largest absolute Gasteiger partial charge is 0.497 e. The first-order valence-corrected chi connectivity index (χ1v) is 18.7. The number of ether oxygens (including phenoxy) is 3. The summed E-state index contributed by atoms with van der Waals surface area (Å²) in [6.45, 7) is -0.785. The average molecular weight is 825 g/mol. The van der Waals surface area contributed by atoms with Gasteiger partial charge < -0.3 is 14.2 Å². The van der Waals surface area contributed by atoms with E-state index in [9.17, 15) is 15.4 Å². The Morgan fingerprint density at radius 1 is 0.831 bits per heavy atom. The van der Waals surface area contributed by atoms with Gasteiger partial charge in [0, 0.05) is 30.9 Å². The highest BCUT2D eigenvalue weighted by molar-refractivity contribution is 7.89. The molecule has 0 saturated heterocycles. The second-order valence-corrected chi connectivity index (χ2v) is 14.4. The van der Waals surface area contributed by atoms with Crippen LogP contribution in [0, 0.1) is 33.3 Å². The molecule has 4 aromatic carbocycles. The summed E-state index contributed by atoms with van der Waals surface area (Å²) in [6.07, 6.45) is -4.17. The number of aromatic nitrogens is 5. The Morgan fingerprint density at radius 3 is 1.86 bits per heavy atom. The van der Waals surface area contributed by atoms with Crippen LogP contribution in [0.4, 0.5) is 18.9 Å². The standard InChI is InChI=1S/C40H31F3N8O7S/c1-56-31-13-5-26(6-14-31)23-49(24-27-7-15-32(57-2)16-8-27)59(54,55)38-34(40(41,42)43)19-12-30(11-4-29-20-36(51(52)53)35(21-44)45-22-29)37(38)39-46-48-50(47-39)25-28-9-17-33(58-3)18-10-28/h5-10,12-20,22H,23-25H2,1-3H3. The minimum absolute atomic E-state index is 0.0132. The number of rotatable bonds is 13. The molecule has 0 N–H and O–H groups in total. The fraction of sp³-hybridized carbons (Fsp3) is 0.175. The summed E-state index contributed by atoms with van der Waals surface area (Å²) in [7, 11) is -0.801. The van der Waals surface area contributed by atoms with Gasteiger partial charge in [-0.05, 0) is 70.4 Å². The van der Waals surface area contributed by atoms with Crippen LogP contribution in [-0.4, -0.2) is 64.2 Å². The maximum atomic E-state index is 15.2. The van der Waals surface area contributed by atoms with Crippen molar-refractivity contribution in [2.24, 2.45) is 0 Å². The van der Waals surface area contributed by atoms with Crippen LogP contribution in [0.3, 0.4) is 0 Å². The number of benzene rings is 4. The molecule has 300 valence electrons. The molecule has 6 aromatic rings. The number of hydrogen-bond donors (Lipinski definition) is 0. The molecule has 0 aliphatic carbocycles. The third-order valence-corrected chi connectivity index (χ3v) is 10.6. The zero-order valence-electron chi connectivity index (χ0n) is 31.3. The fourth-order valence-corrected chi connectivity index (χ4v) is 7.63. The molecule has 0 aliphatic heterocycles. The number of pyridine rings is 1.